The molecule has 1 N–H and O–H groups in total. The molecule has 2 aromatic carbocycles. The average molecular weight is 366 g/mol. The fourth-order valence-corrected chi connectivity index (χ4v) is 2.65. The molecular weight excluding hydrogens is 356 g/mol. The number of aryl methyl sites for hydroxylation is 1. The first kappa shape index (κ1) is 13.1. The van der Waals surface area contributed by atoms with Gasteiger partial charge in [-0.25, -0.2) is 0 Å². The maximum Gasteiger partial charge on any atom is 0.101 e. The van der Waals surface area contributed by atoms with Crippen molar-refractivity contribution < 1.29 is 0 Å². The summed E-state index contributed by atoms with van der Waals surface area (Å²) in [5, 5.41) is 12.3. The number of rotatable bonds is 2. The summed E-state index contributed by atoms with van der Waals surface area (Å²) < 4.78 is 1.95. The standard InChI is InChI=1S/C14H10Br2N2/c1-9-4-12(16)6-13(5-9)18-14-7-11(15)3-2-10(14)8-17/h2-7,18H,1H3. The Kier molecular flexibility index (Phi) is 4.05. The van der Waals surface area contributed by atoms with Crippen LogP contribution in [0.5, 0.6) is 0 Å². The minimum Gasteiger partial charge on any atom is -0.354 e. The number of nitrogens with zero attached hydrogens (tertiary/aromatic N) is 1. The highest BCUT2D eigenvalue weighted by atomic mass is 79.9. The van der Waals surface area contributed by atoms with E-state index in [-0.39, 0.29) is 0 Å². The molecule has 90 valence electrons. The number of benzene rings is 2. The van der Waals surface area contributed by atoms with Crippen molar-refractivity contribution in [2.45, 2.75) is 6.92 Å². The molecule has 0 atom stereocenters. The second kappa shape index (κ2) is 5.55. The quantitative estimate of drug-likeness (QED) is 0.800. The van der Waals surface area contributed by atoms with Gasteiger partial charge < -0.3 is 5.32 Å². The molecule has 0 spiro atoms. The van der Waals surface area contributed by atoms with Gasteiger partial charge in [0, 0.05) is 14.6 Å². The number of nitrogens with one attached hydrogen (secondary N) is 1. The lowest BCUT2D eigenvalue weighted by atomic mass is 10.1. The number of hydrogen-bond donors (Lipinski definition) is 1. The van der Waals surface area contributed by atoms with Crippen molar-refractivity contribution in [3.63, 3.8) is 0 Å². The van der Waals surface area contributed by atoms with Gasteiger partial charge in [0.1, 0.15) is 6.07 Å². The molecule has 0 bridgehead atoms. The maximum atomic E-state index is 9.08. The van der Waals surface area contributed by atoms with E-state index in [1.807, 2.05) is 37.3 Å². The number of halogens is 2. The van der Waals surface area contributed by atoms with Crippen molar-refractivity contribution in [1.82, 2.24) is 0 Å². The normalized spacial score (nSPS) is 9.89. The van der Waals surface area contributed by atoms with E-state index in [2.05, 4.69) is 43.2 Å². The van der Waals surface area contributed by atoms with Gasteiger partial charge in [-0.05, 0) is 48.9 Å². The van der Waals surface area contributed by atoms with E-state index in [9.17, 15) is 0 Å². The highest BCUT2D eigenvalue weighted by molar-refractivity contribution is 9.10. The highest BCUT2D eigenvalue weighted by Gasteiger charge is 2.04. The summed E-state index contributed by atoms with van der Waals surface area (Å²) in [6, 6.07) is 13.8. The van der Waals surface area contributed by atoms with Crippen LogP contribution >= 0.6 is 31.9 Å². The van der Waals surface area contributed by atoms with Crippen molar-refractivity contribution in [2.75, 3.05) is 5.32 Å². The first-order valence-corrected chi connectivity index (χ1v) is 6.91. The Morgan fingerprint density at radius 2 is 1.83 bits per heavy atom. The van der Waals surface area contributed by atoms with E-state index in [1.54, 1.807) is 6.07 Å². The molecule has 18 heavy (non-hydrogen) atoms. The topological polar surface area (TPSA) is 35.8 Å². The van der Waals surface area contributed by atoms with Crippen LogP contribution in [0.2, 0.25) is 0 Å². The van der Waals surface area contributed by atoms with Crippen LogP contribution in [0.25, 0.3) is 0 Å². The zero-order chi connectivity index (χ0) is 13.1. The highest BCUT2D eigenvalue weighted by Crippen LogP contribution is 2.27. The van der Waals surface area contributed by atoms with Gasteiger partial charge in [0.05, 0.1) is 11.3 Å². The molecule has 0 heterocycles. The molecule has 0 aliphatic heterocycles. The minimum absolute atomic E-state index is 0.621. The van der Waals surface area contributed by atoms with Crippen molar-refractivity contribution in [3.8, 4) is 6.07 Å². The van der Waals surface area contributed by atoms with E-state index in [0.29, 0.717) is 5.56 Å². The monoisotopic (exact) mass is 364 g/mol. The molecule has 0 unspecified atom stereocenters. The van der Waals surface area contributed by atoms with Gasteiger partial charge >= 0.3 is 0 Å². The van der Waals surface area contributed by atoms with Crippen LogP contribution < -0.4 is 5.32 Å². The summed E-state index contributed by atoms with van der Waals surface area (Å²) in [7, 11) is 0. The Balaban J connectivity index is 2.39. The van der Waals surface area contributed by atoms with Gasteiger partial charge in [-0.3, -0.25) is 0 Å². The zero-order valence-corrected chi connectivity index (χ0v) is 12.8. The van der Waals surface area contributed by atoms with Gasteiger partial charge in [-0.2, -0.15) is 5.26 Å². The summed E-state index contributed by atoms with van der Waals surface area (Å²) in [6.07, 6.45) is 0. The van der Waals surface area contributed by atoms with Gasteiger partial charge in [-0.1, -0.05) is 31.9 Å². The predicted octanol–water partition coefficient (Wildman–Crippen LogP) is 5.14. The fraction of sp³-hybridized carbons (Fsp3) is 0.0714. The van der Waals surface area contributed by atoms with Crippen molar-refractivity contribution in [3.05, 3.63) is 56.5 Å². The van der Waals surface area contributed by atoms with E-state index in [0.717, 1.165) is 25.9 Å². The number of hydrogen-bond acceptors (Lipinski definition) is 2. The van der Waals surface area contributed by atoms with Crippen molar-refractivity contribution >= 4 is 43.2 Å². The van der Waals surface area contributed by atoms with Crippen molar-refractivity contribution in [1.29, 1.82) is 5.26 Å². The van der Waals surface area contributed by atoms with Gasteiger partial charge in [0.25, 0.3) is 0 Å². The Bertz CT molecular complexity index is 610. The summed E-state index contributed by atoms with van der Waals surface area (Å²) in [5.74, 6) is 0. The van der Waals surface area contributed by atoms with Gasteiger partial charge in [0.2, 0.25) is 0 Å². The lowest BCUT2D eigenvalue weighted by Gasteiger charge is -2.10. The number of anilines is 2. The van der Waals surface area contributed by atoms with Gasteiger partial charge in [0.15, 0.2) is 0 Å². The largest absolute Gasteiger partial charge is 0.354 e. The van der Waals surface area contributed by atoms with Crippen LogP contribution in [-0.2, 0) is 0 Å². The van der Waals surface area contributed by atoms with Crippen LogP contribution in [0, 0.1) is 18.3 Å². The molecule has 0 amide bonds. The number of nitriles is 1. The minimum atomic E-state index is 0.621. The van der Waals surface area contributed by atoms with Crippen molar-refractivity contribution in [2.24, 2.45) is 0 Å². The third kappa shape index (κ3) is 3.12. The second-order valence-corrected chi connectivity index (χ2v) is 5.78. The molecule has 4 heteroatoms. The molecule has 0 saturated heterocycles. The molecule has 0 fully saturated rings. The predicted molar refractivity (Wildman–Crippen MR) is 81.0 cm³/mol. The van der Waals surface area contributed by atoms with Crippen LogP contribution in [0.4, 0.5) is 11.4 Å². The molecule has 2 aromatic rings. The van der Waals surface area contributed by atoms with Crippen LogP contribution in [0.3, 0.4) is 0 Å². The first-order chi connectivity index (χ1) is 8.58. The molecule has 0 saturated carbocycles. The first-order valence-electron chi connectivity index (χ1n) is 5.32. The SMILES string of the molecule is Cc1cc(Br)cc(Nc2cc(Br)ccc2C#N)c1. The Morgan fingerprint density at radius 3 is 2.50 bits per heavy atom. The lowest BCUT2D eigenvalue weighted by molar-refractivity contribution is 1.41. The Morgan fingerprint density at radius 1 is 1.06 bits per heavy atom. The molecule has 2 rings (SSSR count). The molecular formula is C14H10Br2N2. The summed E-state index contributed by atoms with van der Waals surface area (Å²) in [5.41, 5.74) is 3.53. The lowest BCUT2D eigenvalue weighted by Crippen LogP contribution is -1.94. The van der Waals surface area contributed by atoms with Crippen LogP contribution in [-0.4, -0.2) is 0 Å². The van der Waals surface area contributed by atoms with Crippen LogP contribution in [0.15, 0.2) is 45.3 Å². The maximum absolute atomic E-state index is 9.08. The van der Waals surface area contributed by atoms with E-state index in [1.165, 1.54) is 0 Å². The summed E-state index contributed by atoms with van der Waals surface area (Å²) in [4.78, 5) is 0. The average Bonchev–Trinajstić information content (AvgIpc) is 2.27. The van der Waals surface area contributed by atoms with E-state index >= 15 is 0 Å². The smallest absolute Gasteiger partial charge is 0.101 e. The molecule has 0 aliphatic rings. The fourth-order valence-electron chi connectivity index (χ4n) is 1.68. The van der Waals surface area contributed by atoms with E-state index < -0.39 is 0 Å². The summed E-state index contributed by atoms with van der Waals surface area (Å²) >= 11 is 6.87. The molecule has 0 aromatic heterocycles. The summed E-state index contributed by atoms with van der Waals surface area (Å²) in [6.45, 7) is 2.03. The third-order valence-corrected chi connectivity index (χ3v) is 3.37. The van der Waals surface area contributed by atoms with Gasteiger partial charge in [-0.15, -0.1) is 0 Å². The Labute approximate surface area is 123 Å². The zero-order valence-electron chi connectivity index (χ0n) is 9.67. The van der Waals surface area contributed by atoms with E-state index in [4.69, 9.17) is 5.26 Å². The third-order valence-electron chi connectivity index (χ3n) is 2.42. The molecule has 2 nitrogen and oxygen atoms in total. The Hall–Kier alpha value is -1.31. The second-order valence-electron chi connectivity index (χ2n) is 3.94. The van der Waals surface area contributed by atoms with Crippen LogP contribution in [0.1, 0.15) is 11.1 Å². The molecule has 0 radical (unpaired) electrons. The molecule has 0 aliphatic carbocycles.